The zero-order valence-electron chi connectivity index (χ0n) is 11.9. The predicted octanol–water partition coefficient (Wildman–Crippen LogP) is 2.29. The van der Waals surface area contributed by atoms with E-state index in [9.17, 15) is 0 Å². The van der Waals surface area contributed by atoms with Crippen LogP contribution in [-0.2, 0) is 13.0 Å². The third-order valence-corrected chi connectivity index (χ3v) is 3.36. The van der Waals surface area contributed by atoms with Gasteiger partial charge in [0.25, 0.3) is 0 Å². The second-order valence-corrected chi connectivity index (χ2v) is 4.85. The number of benzene rings is 1. The molecule has 0 amide bonds. The van der Waals surface area contributed by atoms with Crippen LogP contribution >= 0.6 is 0 Å². The summed E-state index contributed by atoms with van der Waals surface area (Å²) < 4.78 is 2.16. The lowest BCUT2D eigenvalue weighted by molar-refractivity contribution is 0.318. The monoisotopic (exact) mass is 272 g/mol. The molecule has 1 aromatic heterocycles. The summed E-state index contributed by atoms with van der Waals surface area (Å²) >= 11 is 0. The van der Waals surface area contributed by atoms with Gasteiger partial charge < -0.3 is 15.5 Å². The average Bonchev–Trinajstić information content (AvgIpc) is 2.88. The van der Waals surface area contributed by atoms with Gasteiger partial charge in [0.05, 0.1) is 0 Å². The van der Waals surface area contributed by atoms with Gasteiger partial charge >= 0.3 is 0 Å². The van der Waals surface area contributed by atoms with Crippen molar-refractivity contribution >= 4 is 5.84 Å². The Bertz CT molecular complexity index is 616. The third-order valence-electron chi connectivity index (χ3n) is 3.36. The number of imidazole rings is 1. The predicted molar refractivity (Wildman–Crippen MR) is 79.0 cm³/mol. The maximum Gasteiger partial charge on any atom is 0.170 e. The van der Waals surface area contributed by atoms with Crippen LogP contribution in [0.15, 0.2) is 35.7 Å². The molecule has 3 N–H and O–H groups in total. The van der Waals surface area contributed by atoms with Crippen LogP contribution in [-0.4, -0.2) is 20.6 Å². The summed E-state index contributed by atoms with van der Waals surface area (Å²) in [6, 6.07) is 5.81. The molecule has 0 radical (unpaired) electrons. The Labute approximate surface area is 118 Å². The first-order valence-electron chi connectivity index (χ1n) is 6.73. The fourth-order valence-electron chi connectivity index (χ4n) is 2.21. The van der Waals surface area contributed by atoms with Crippen LogP contribution in [0.4, 0.5) is 0 Å². The largest absolute Gasteiger partial charge is 0.409 e. The molecule has 0 spiro atoms. The van der Waals surface area contributed by atoms with E-state index in [4.69, 9.17) is 10.9 Å². The van der Waals surface area contributed by atoms with Crippen molar-refractivity contribution in [2.24, 2.45) is 10.9 Å². The summed E-state index contributed by atoms with van der Waals surface area (Å²) in [6.45, 7) is 4.97. The Kier molecular flexibility index (Phi) is 4.40. The number of hydrogen-bond donors (Lipinski definition) is 2. The van der Waals surface area contributed by atoms with Crippen molar-refractivity contribution in [2.45, 2.75) is 33.2 Å². The normalized spacial score (nSPS) is 11.8. The van der Waals surface area contributed by atoms with Gasteiger partial charge in [-0.3, -0.25) is 0 Å². The van der Waals surface area contributed by atoms with Gasteiger partial charge in [0.1, 0.15) is 5.82 Å². The molecule has 0 saturated heterocycles. The van der Waals surface area contributed by atoms with Crippen molar-refractivity contribution in [3.8, 4) is 0 Å². The fourth-order valence-corrected chi connectivity index (χ4v) is 2.21. The average molecular weight is 272 g/mol. The molecule has 0 aliphatic rings. The van der Waals surface area contributed by atoms with Crippen molar-refractivity contribution in [3.63, 3.8) is 0 Å². The van der Waals surface area contributed by atoms with Gasteiger partial charge in [0, 0.05) is 30.9 Å². The van der Waals surface area contributed by atoms with Crippen LogP contribution < -0.4 is 5.73 Å². The molecule has 0 atom stereocenters. The quantitative estimate of drug-likeness (QED) is 0.379. The van der Waals surface area contributed by atoms with Gasteiger partial charge in [-0.05, 0) is 30.5 Å². The Morgan fingerprint density at radius 2 is 2.25 bits per heavy atom. The van der Waals surface area contributed by atoms with Gasteiger partial charge in [-0.1, -0.05) is 24.2 Å². The number of aromatic nitrogens is 2. The van der Waals surface area contributed by atoms with E-state index < -0.39 is 0 Å². The minimum Gasteiger partial charge on any atom is -0.409 e. The minimum absolute atomic E-state index is 0.133. The highest BCUT2D eigenvalue weighted by Gasteiger charge is 2.07. The van der Waals surface area contributed by atoms with E-state index in [1.807, 2.05) is 37.5 Å². The molecule has 0 bridgehead atoms. The number of nitrogens with zero attached hydrogens (tertiary/aromatic N) is 3. The van der Waals surface area contributed by atoms with E-state index >= 15 is 0 Å². The zero-order valence-corrected chi connectivity index (χ0v) is 11.9. The molecule has 2 aromatic rings. The van der Waals surface area contributed by atoms with E-state index in [-0.39, 0.29) is 5.84 Å². The van der Waals surface area contributed by atoms with Crippen molar-refractivity contribution in [1.82, 2.24) is 9.55 Å². The summed E-state index contributed by atoms with van der Waals surface area (Å²) in [6.07, 6.45) is 5.90. The van der Waals surface area contributed by atoms with E-state index in [2.05, 4.69) is 21.6 Å². The molecule has 0 fully saturated rings. The van der Waals surface area contributed by atoms with Crippen LogP contribution in [0.3, 0.4) is 0 Å². The number of rotatable bonds is 5. The van der Waals surface area contributed by atoms with Crippen molar-refractivity contribution < 1.29 is 5.21 Å². The molecule has 20 heavy (non-hydrogen) atoms. The Morgan fingerprint density at radius 3 is 2.90 bits per heavy atom. The highest BCUT2D eigenvalue weighted by molar-refractivity contribution is 5.97. The van der Waals surface area contributed by atoms with Gasteiger partial charge in [0.15, 0.2) is 5.84 Å². The molecule has 0 unspecified atom stereocenters. The highest BCUT2D eigenvalue weighted by Crippen LogP contribution is 2.14. The molecule has 0 aliphatic carbocycles. The lowest BCUT2D eigenvalue weighted by Crippen LogP contribution is -2.14. The minimum atomic E-state index is 0.133. The number of amidine groups is 1. The van der Waals surface area contributed by atoms with Crippen molar-refractivity contribution in [3.05, 3.63) is 53.1 Å². The highest BCUT2D eigenvalue weighted by atomic mass is 16.4. The Balaban J connectivity index is 2.24. The molecular weight excluding hydrogens is 252 g/mol. The molecule has 5 heteroatoms. The van der Waals surface area contributed by atoms with Gasteiger partial charge in [-0.2, -0.15) is 0 Å². The topological polar surface area (TPSA) is 76.4 Å². The molecule has 0 saturated carbocycles. The second kappa shape index (κ2) is 6.23. The van der Waals surface area contributed by atoms with E-state index in [0.717, 1.165) is 36.3 Å². The van der Waals surface area contributed by atoms with Gasteiger partial charge in [-0.25, -0.2) is 4.98 Å². The Hall–Kier alpha value is -2.30. The summed E-state index contributed by atoms with van der Waals surface area (Å²) in [4.78, 5) is 4.38. The van der Waals surface area contributed by atoms with Crippen molar-refractivity contribution in [2.75, 3.05) is 0 Å². The molecule has 2 rings (SSSR count). The smallest absolute Gasteiger partial charge is 0.170 e. The summed E-state index contributed by atoms with van der Waals surface area (Å²) in [5.41, 5.74) is 8.65. The van der Waals surface area contributed by atoms with E-state index in [0.29, 0.717) is 0 Å². The van der Waals surface area contributed by atoms with Crippen LogP contribution in [0, 0.1) is 6.92 Å². The number of aryl methyl sites for hydroxylation is 2. The molecular formula is C15H20N4O. The third kappa shape index (κ3) is 2.99. The fraction of sp³-hybridized carbons (Fsp3) is 0.333. The molecule has 0 aliphatic heterocycles. The first kappa shape index (κ1) is 14.1. The summed E-state index contributed by atoms with van der Waals surface area (Å²) in [5, 5.41) is 11.7. The molecule has 5 nitrogen and oxygen atoms in total. The first-order valence-corrected chi connectivity index (χ1v) is 6.73. The molecule has 1 aromatic carbocycles. The van der Waals surface area contributed by atoms with Gasteiger partial charge in [-0.15, -0.1) is 0 Å². The number of hydrogen-bond acceptors (Lipinski definition) is 3. The number of oxime groups is 1. The van der Waals surface area contributed by atoms with Gasteiger partial charge in [0.2, 0.25) is 0 Å². The SMILES string of the molecule is CCCc1nccn1Cc1ccc(/C(N)=N/O)cc1C. The zero-order chi connectivity index (χ0) is 14.5. The number of nitrogens with two attached hydrogens (primary N) is 1. The maximum atomic E-state index is 8.70. The second-order valence-electron chi connectivity index (χ2n) is 4.85. The molecule has 1 heterocycles. The lowest BCUT2D eigenvalue weighted by atomic mass is 10.0. The van der Waals surface area contributed by atoms with E-state index in [1.54, 1.807) is 0 Å². The van der Waals surface area contributed by atoms with Crippen molar-refractivity contribution in [1.29, 1.82) is 0 Å². The summed E-state index contributed by atoms with van der Waals surface area (Å²) in [5.74, 6) is 1.24. The van der Waals surface area contributed by atoms with E-state index in [1.165, 1.54) is 5.56 Å². The molecule has 106 valence electrons. The van der Waals surface area contributed by atoms with Crippen LogP contribution in [0.5, 0.6) is 0 Å². The maximum absolute atomic E-state index is 8.70. The van der Waals surface area contributed by atoms with Crippen LogP contribution in [0.25, 0.3) is 0 Å². The Morgan fingerprint density at radius 1 is 1.45 bits per heavy atom. The van der Waals surface area contributed by atoms with Crippen LogP contribution in [0.1, 0.15) is 35.9 Å². The lowest BCUT2D eigenvalue weighted by Gasteiger charge is -2.11. The first-order chi connectivity index (χ1) is 9.65. The standard InChI is InChI=1S/C15H20N4O/c1-3-4-14-17-7-8-19(14)10-13-6-5-12(9-11(13)2)15(16)18-20/h5-9,20H,3-4,10H2,1-2H3,(H2,16,18). The summed E-state index contributed by atoms with van der Waals surface area (Å²) in [7, 11) is 0. The van der Waals surface area contributed by atoms with Crippen LogP contribution in [0.2, 0.25) is 0 Å².